The molecule has 6 nitrogen and oxygen atoms in total. The lowest BCUT2D eigenvalue weighted by Gasteiger charge is -2.31. The highest BCUT2D eigenvalue weighted by molar-refractivity contribution is 6.01. The van der Waals surface area contributed by atoms with Crippen molar-refractivity contribution in [2.75, 3.05) is 13.1 Å². The molecule has 0 aromatic heterocycles. The Hall–Kier alpha value is -4.92. The van der Waals surface area contributed by atoms with Crippen molar-refractivity contribution in [3.05, 3.63) is 131 Å². The molecule has 1 aliphatic rings. The van der Waals surface area contributed by atoms with Gasteiger partial charge in [-0.15, -0.1) is 0 Å². The highest BCUT2D eigenvalue weighted by atomic mass is 19.4. The van der Waals surface area contributed by atoms with Gasteiger partial charge >= 0.3 is 6.18 Å². The molecule has 1 unspecified atom stereocenters. The Labute approximate surface area is 253 Å². The second-order valence-electron chi connectivity index (χ2n) is 10.7. The van der Waals surface area contributed by atoms with Gasteiger partial charge in [0, 0.05) is 30.8 Å². The molecule has 4 aromatic rings. The van der Waals surface area contributed by atoms with Gasteiger partial charge in [-0.05, 0) is 71.8 Å². The van der Waals surface area contributed by atoms with Crippen molar-refractivity contribution >= 4 is 17.7 Å². The molecule has 226 valence electrons. The summed E-state index contributed by atoms with van der Waals surface area (Å²) in [6.07, 6.45) is -1.47. The number of likely N-dealkylation sites (tertiary alicyclic amines) is 1. The second-order valence-corrected chi connectivity index (χ2v) is 10.7. The number of carbonyl (C=O) groups excluding carboxylic acids is 3. The normalized spacial score (nSPS) is 14.0. The third kappa shape index (κ3) is 7.34. The zero-order valence-corrected chi connectivity index (χ0v) is 23.9. The first kappa shape index (κ1) is 30.5. The van der Waals surface area contributed by atoms with Gasteiger partial charge in [-0.3, -0.25) is 14.4 Å². The van der Waals surface area contributed by atoms with Gasteiger partial charge in [-0.2, -0.15) is 13.2 Å². The van der Waals surface area contributed by atoms with Crippen LogP contribution in [0, 0.1) is 0 Å². The van der Waals surface area contributed by atoms with E-state index < -0.39 is 17.8 Å². The fourth-order valence-corrected chi connectivity index (χ4v) is 5.27. The third-order valence-electron chi connectivity index (χ3n) is 7.69. The number of nitrogens with zero attached hydrogens (tertiary/aromatic N) is 1. The summed E-state index contributed by atoms with van der Waals surface area (Å²) in [5, 5.41) is 5.75. The molecule has 2 N–H and O–H groups in total. The average Bonchev–Trinajstić information content (AvgIpc) is 3.06. The van der Waals surface area contributed by atoms with Gasteiger partial charge in [0.25, 0.3) is 11.8 Å². The number of benzene rings is 4. The summed E-state index contributed by atoms with van der Waals surface area (Å²) in [5.74, 6) is -0.894. The van der Waals surface area contributed by atoms with Crippen molar-refractivity contribution in [3.63, 3.8) is 0 Å². The molecule has 44 heavy (non-hydrogen) atoms. The smallest absolute Gasteiger partial charge is 0.348 e. The standard InChI is InChI=1S/C35H32F3N3O3/c36-35(37,38)28-19-17-25(18-20-28)29-11-5-6-12-30(29)33(43)39-23-24-13-15-27(16-14-24)32(42)40-31(26-9-3-1-4-10-26)34(44)41-21-7-2-8-22-41/h1,3-6,9-20,31H,2,7-8,21-23H2,(H,39,43)(H,40,42). The quantitative estimate of drug-likeness (QED) is 0.234. The lowest BCUT2D eigenvalue weighted by Crippen LogP contribution is -2.45. The fraction of sp³-hybridized carbons (Fsp3) is 0.229. The number of halogens is 3. The SMILES string of the molecule is O=C(NC(C(=O)N1CCCCC1)c1ccccc1)c1ccc(CNC(=O)c2ccccc2-c2ccc(C(F)(F)F)cc2)cc1. The number of hydrogen-bond donors (Lipinski definition) is 2. The minimum absolute atomic E-state index is 0.125. The third-order valence-corrected chi connectivity index (χ3v) is 7.69. The van der Waals surface area contributed by atoms with Gasteiger partial charge < -0.3 is 15.5 Å². The van der Waals surface area contributed by atoms with E-state index in [-0.39, 0.29) is 24.3 Å². The van der Waals surface area contributed by atoms with Crippen LogP contribution in [0.4, 0.5) is 13.2 Å². The minimum Gasteiger partial charge on any atom is -0.348 e. The van der Waals surface area contributed by atoms with E-state index in [1.165, 1.54) is 12.1 Å². The Bertz CT molecular complexity index is 1600. The van der Waals surface area contributed by atoms with Crippen molar-refractivity contribution in [1.82, 2.24) is 15.5 Å². The van der Waals surface area contributed by atoms with Crippen LogP contribution in [0.5, 0.6) is 0 Å². The van der Waals surface area contributed by atoms with E-state index in [0.29, 0.717) is 40.9 Å². The first-order valence-electron chi connectivity index (χ1n) is 14.5. The van der Waals surface area contributed by atoms with E-state index in [0.717, 1.165) is 37.0 Å². The number of piperidine rings is 1. The molecule has 3 amide bonds. The molecular formula is C35H32F3N3O3. The van der Waals surface area contributed by atoms with Crippen LogP contribution in [0.15, 0.2) is 103 Å². The summed E-state index contributed by atoms with van der Waals surface area (Å²) in [7, 11) is 0. The lowest BCUT2D eigenvalue weighted by molar-refractivity contribution is -0.137. The molecule has 0 bridgehead atoms. The van der Waals surface area contributed by atoms with Crippen molar-refractivity contribution in [2.24, 2.45) is 0 Å². The molecule has 1 saturated heterocycles. The highest BCUT2D eigenvalue weighted by Gasteiger charge is 2.30. The van der Waals surface area contributed by atoms with E-state index in [2.05, 4.69) is 10.6 Å². The highest BCUT2D eigenvalue weighted by Crippen LogP contribution is 2.32. The number of carbonyl (C=O) groups is 3. The maximum Gasteiger partial charge on any atom is 0.416 e. The number of amides is 3. The van der Waals surface area contributed by atoms with Crippen LogP contribution in [-0.4, -0.2) is 35.7 Å². The van der Waals surface area contributed by atoms with Gasteiger partial charge in [0.15, 0.2) is 0 Å². The number of hydrogen-bond acceptors (Lipinski definition) is 3. The minimum atomic E-state index is -4.44. The van der Waals surface area contributed by atoms with E-state index in [4.69, 9.17) is 0 Å². The van der Waals surface area contributed by atoms with Gasteiger partial charge in [0.2, 0.25) is 5.91 Å². The molecule has 4 aromatic carbocycles. The van der Waals surface area contributed by atoms with Gasteiger partial charge in [0.05, 0.1) is 5.56 Å². The van der Waals surface area contributed by atoms with Gasteiger partial charge in [0.1, 0.15) is 6.04 Å². The molecule has 1 fully saturated rings. The maximum atomic E-state index is 13.4. The van der Waals surface area contributed by atoms with Crippen molar-refractivity contribution in [1.29, 1.82) is 0 Å². The molecule has 0 spiro atoms. The predicted molar refractivity (Wildman–Crippen MR) is 162 cm³/mol. The fourth-order valence-electron chi connectivity index (χ4n) is 5.27. The van der Waals surface area contributed by atoms with Gasteiger partial charge in [-0.25, -0.2) is 0 Å². The van der Waals surface area contributed by atoms with E-state index in [9.17, 15) is 27.6 Å². The van der Waals surface area contributed by atoms with Crippen molar-refractivity contribution in [2.45, 2.75) is 38.0 Å². The number of rotatable bonds is 8. The first-order chi connectivity index (χ1) is 21.2. The Morgan fingerprint density at radius 3 is 2.02 bits per heavy atom. The first-order valence-corrected chi connectivity index (χ1v) is 14.5. The Morgan fingerprint density at radius 2 is 1.36 bits per heavy atom. The van der Waals surface area contributed by atoms with E-state index >= 15 is 0 Å². The molecule has 5 rings (SSSR count). The van der Waals surface area contributed by atoms with Crippen LogP contribution in [-0.2, 0) is 17.5 Å². The molecule has 1 heterocycles. The number of alkyl halides is 3. The van der Waals surface area contributed by atoms with Crippen LogP contribution in [0.1, 0.15) is 62.7 Å². The summed E-state index contributed by atoms with van der Waals surface area (Å²) in [6.45, 7) is 1.52. The van der Waals surface area contributed by atoms with E-state index in [1.54, 1.807) is 48.5 Å². The van der Waals surface area contributed by atoms with E-state index in [1.807, 2.05) is 35.2 Å². The van der Waals surface area contributed by atoms with Crippen LogP contribution in [0.2, 0.25) is 0 Å². The van der Waals surface area contributed by atoms with Crippen LogP contribution in [0.25, 0.3) is 11.1 Å². The maximum absolute atomic E-state index is 13.4. The molecule has 9 heteroatoms. The molecular weight excluding hydrogens is 567 g/mol. The van der Waals surface area contributed by atoms with Gasteiger partial charge in [-0.1, -0.05) is 72.8 Å². The topological polar surface area (TPSA) is 78.5 Å². The van der Waals surface area contributed by atoms with Crippen LogP contribution < -0.4 is 10.6 Å². The summed E-state index contributed by atoms with van der Waals surface area (Å²) < 4.78 is 39.0. The number of nitrogens with one attached hydrogen (secondary N) is 2. The molecule has 1 aliphatic heterocycles. The van der Waals surface area contributed by atoms with Crippen LogP contribution >= 0.6 is 0 Å². The summed E-state index contributed by atoms with van der Waals surface area (Å²) in [6, 6.07) is 26.5. The molecule has 0 saturated carbocycles. The monoisotopic (exact) mass is 599 g/mol. The predicted octanol–water partition coefficient (Wildman–Crippen LogP) is 6.79. The summed E-state index contributed by atoms with van der Waals surface area (Å²) in [5.41, 5.74) is 2.40. The summed E-state index contributed by atoms with van der Waals surface area (Å²) in [4.78, 5) is 41.5. The Morgan fingerprint density at radius 1 is 0.727 bits per heavy atom. The Balaban J connectivity index is 1.24. The summed E-state index contributed by atoms with van der Waals surface area (Å²) >= 11 is 0. The zero-order chi connectivity index (χ0) is 31.1. The second kappa shape index (κ2) is 13.6. The van der Waals surface area contributed by atoms with Crippen molar-refractivity contribution in [3.8, 4) is 11.1 Å². The zero-order valence-electron chi connectivity index (χ0n) is 23.9. The lowest BCUT2D eigenvalue weighted by atomic mass is 9.98. The van der Waals surface area contributed by atoms with Crippen LogP contribution in [0.3, 0.4) is 0 Å². The van der Waals surface area contributed by atoms with Crippen molar-refractivity contribution < 1.29 is 27.6 Å². The Kier molecular flexibility index (Phi) is 9.43. The average molecular weight is 600 g/mol. The molecule has 0 aliphatic carbocycles. The molecule has 1 atom stereocenters. The largest absolute Gasteiger partial charge is 0.416 e. The molecule has 0 radical (unpaired) electrons.